The Balaban J connectivity index is 2.28. The first kappa shape index (κ1) is 10.9. The van der Waals surface area contributed by atoms with Crippen molar-refractivity contribution in [2.24, 2.45) is 4.99 Å². The number of pyridine rings is 1. The molecular weight excluding hydrogens is 206 g/mol. The first-order valence-corrected chi connectivity index (χ1v) is 5.37. The van der Waals surface area contributed by atoms with Crippen molar-refractivity contribution in [3.05, 3.63) is 29.4 Å². The zero-order chi connectivity index (χ0) is 11.5. The van der Waals surface area contributed by atoms with Crippen molar-refractivity contribution in [3.63, 3.8) is 0 Å². The molecule has 1 fully saturated rings. The number of rotatable bonds is 1. The molecule has 0 unspecified atom stereocenters. The molecule has 2 rings (SSSR count). The smallest absolute Gasteiger partial charge is 0.264 e. The quantitative estimate of drug-likeness (QED) is 0.666. The molecule has 1 atom stereocenters. The number of nitrogens with zero attached hydrogens (tertiary/aromatic N) is 2. The number of nitrogens with one attached hydrogen (secondary N) is 1. The van der Waals surface area contributed by atoms with Crippen molar-refractivity contribution < 1.29 is 10.0 Å². The van der Waals surface area contributed by atoms with E-state index in [1.807, 2.05) is 6.92 Å². The summed E-state index contributed by atoms with van der Waals surface area (Å²) in [6.45, 7) is 2.75. The minimum absolute atomic E-state index is 0.194. The molecule has 1 saturated heterocycles. The minimum Gasteiger partial charge on any atom is -0.427 e. The molecule has 5 nitrogen and oxygen atoms in total. The van der Waals surface area contributed by atoms with Gasteiger partial charge in [0.15, 0.2) is 5.49 Å². The van der Waals surface area contributed by atoms with Gasteiger partial charge in [0.2, 0.25) is 0 Å². The molecule has 0 aliphatic carbocycles. The highest BCUT2D eigenvalue weighted by Crippen LogP contribution is 2.05. The highest BCUT2D eigenvalue weighted by Gasteiger charge is 2.21. The second-order valence-corrected chi connectivity index (χ2v) is 4.01. The van der Waals surface area contributed by atoms with Crippen LogP contribution in [-0.4, -0.2) is 28.4 Å². The monoisotopic (exact) mass is 221 g/mol. The first-order chi connectivity index (χ1) is 7.66. The molecule has 1 amide bonds. The summed E-state index contributed by atoms with van der Waals surface area (Å²) in [5.41, 5.74) is 1.23. The van der Waals surface area contributed by atoms with Crippen molar-refractivity contribution in [3.8, 4) is 0 Å². The average molecular weight is 221 g/mol. The van der Waals surface area contributed by atoms with Crippen molar-refractivity contribution in [1.29, 1.82) is 0 Å². The van der Waals surface area contributed by atoms with Gasteiger partial charge in [-0.25, -0.2) is 0 Å². The number of hydrogen-bond acceptors (Lipinski definition) is 3. The molecule has 2 heterocycles. The molecule has 1 aliphatic heterocycles. The van der Waals surface area contributed by atoms with Crippen LogP contribution in [0, 0.1) is 6.92 Å². The predicted molar refractivity (Wildman–Crippen MR) is 57.9 cm³/mol. The fourth-order valence-corrected chi connectivity index (χ4v) is 1.75. The minimum atomic E-state index is -0.217. The Bertz CT molecular complexity index is 459. The Labute approximate surface area is 93.4 Å². The van der Waals surface area contributed by atoms with E-state index >= 15 is 0 Å². The lowest BCUT2D eigenvalue weighted by atomic mass is 10.2. The van der Waals surface area contributed by atoms with Crippen molar-refractivity contribution in [2.75, 3.05) is 6.54 Å². The van der Waals surface area contributed by atoms with E-state index in [9.17, 15) is 10.0 Å². The van der Waals surface area contributed by atoms with E-state index in [0.717, 1.165) is 29.7 Å². The maximum atomic E-state index is 11.7. The summed E-state index contributed by atoms with van der Waals surface area (Å²) in [6, 6.07) is 3.23. The molecule has 86 valence electrons. The zero-order valence-electron chi connectivity index (χ0n) is 9.18. The number of amides is 1. The SMILES string of the molecule is Cc1ccn(O)c(=NC(=O)[C@@H]2CCCN2)c1. The van der Waals surface area contributed by atoms with Crippen LogP contribution in [0.4, 0.5) is 0 Å². The van der Waals surface area contributed by atoms with Gasteiger partial charge in [-0.15, -0.1) is 0 Å². The van der Waals surface area contributed by atoms with Gasteiger partial charge in [-0.1, -0.05) is 0 Å². The number of aromatic nitrogens is 1. The number of hydrogen-bond donors (Lipinski definition) is 2. The number of carbonyl (C=O) groups is 1. The van der Waals surface area contributed by atoms with Crippen LogP contribution in [0.2, 0.25) is 0 Å². The van der Waals surface area contributed by atoms with Gasteiger partial charge in [0.25, 0.3) is 5.91 Å². The third kappa shape index (κ3) is 2.30. The van der Waals surface area contributed by atoms with Crippen molar-refractivity contribution >= 4 is 5.91 Å². The van der Waals surface area contributed by atoms with Crippen LogP contribution in [0.15, 0.2) is 23.3 Å². The maximum absolute atomic E-state index is 11.7. The van der Waals surface area contributed by atoms with Crippen LogP contribution >= 0.6 is 0 Å². The van der Waals surface area contributed by atoms with Gasteiger partial charge < -0.3 is 10.5 Å². The Hall–Kier alpha value is -1.62. The van der Waals surface area contributed by atoms with Gasteiger partial charge >= 0.3 is 0 Å². The van der Waals surface area contributed by atoms with Crippen molar-refractivity contribution in [2.45, 2.75) is 25.8 Å². The van der Waals surface area contributed by atoms with Gasteiger partial charge in [-0.05, 0) is 44.0 Å². The largest absolute Gasteiger partial charge is 0.427 e. The van der Waals surface area contributed by atoms with E-state index in [1.165, 1.54) is 6.20 Å². The molecule has 0 saturated carbocycles. The lowest BCUT2D eigenvalue weighted by molar-refractivity contribution is -0.119. The molecule has 2 N–H and O–H groups in total. The highest BCUT2D eigenvalue weighted by molar-refractivity contribution is 5.82. The van der Waals surface area contributed by atoms with E-state index < -0.39 is 0 Å². The third-order valence-electron chi connectivity index (χ3n) is 2.65. The van der Waals surface area contributed by atoms with Crippen molar-refractivity contribution in [1.82, 2.24) is 10.0 Å². The second kappa shape index (κ2) is 4.49. The first-order valence-electron chi connectivity index (χ1n) is 5.37. The summed E-state index contributed by atoms with van der Waals surface area (Å²) in [7, 11) is 0. The molecule has 1 aliphatic rings. The van der Waals surface area contributed by atoms with E-state index in [1.54, 1.807) is 12.1 Å². The van der Waals surface area contributed by atoms with Crippen LogP contribution in [0.1, 0.15) is 18.4 Å². The highest BCUT2D eigenvalue weighted by atomic mass is 16.5. The Kier molecular flexibility index (Phi) is 3.05. The summed E-state index contributed by atoms with van der Waals surface area (Å²) in [5, 5.41) is 12.6. The zero-order valence-corrected chi connectivity index (χ0v) is 9.18. The van der Waals surface area contributed by atoms with Gasteiger partial charge in [0, 0.05) is 6.20 Å². The van der Waals surface area contributed by atoms with E-state index in [4.69, 9.17) is 0 Å². The van der Waals surface area contributed by atoms with E-state index in [0.29, 0.717) is 0 Å². The van der Waals surface area contributed by atoms with Crippen LogP contribution in [-0.2, 0) is 4.79 Å². The predicted octanol–water partition coefficient (Wildman–Crippen LogP) is 0.213. The summed E-state index contributed by atoms with van der Waals surface area (Å²) in [6.07, 6.45) is 3.29. The second-order valence-electron chi connectivity index (χ2n) is 4.01. The Morgan fingerprint density at radius 1 is 1.69 bits per heavy atom. The fraction of sp³-hybridized carbons (Fsp3) is 0.455. The van der Waals surface area contributed by atoms with Crippen LogP contribution in [0.3, 0.4) is 0 Å². The van der Waals surface area contributed by atoms with E-state index in [-0.39, 0.29) is 17.4 Å². The normalized spacial score (nSPS) is 21.3. The molecule has 0 bridgehead atoms. The lowest BCUT2D eigenvalue weighted by Crippen LogP contribution is -2.32. The fourth-order valence-electron chi connectivity index (χ4n) is 1.75. The van der Waals surface area contributed by atoms with E-state index in [2.05, 4.69) is 10.3 Å². The molecule has 0 spiro atoms. The van der Waals surface area contributed by atoms with Gasteiger partial charge in [0.05, 0.1) is 6.04 Å². The Morgan fingerprint density at radius 3 is 3.19 bits per heavy atom. The summed E-state index contributed by atoms with van der Waals surface area (Å²) < 4.78 is 0.861. The van der Waals surface area contributed by atoms with Gasteiger partial charge in [0.1, 0.15) is 0 Å². The average Bonchev–Trinajstić information content (AvgIpc) is 2.76. The van der Waals surface area contributed by atoms with Gasteiger partial charge in [-0.3, -0.25) is 4.79 Å². The van der Waals surface area contributed by atoms with Gasteiger partial charge in [-0.2, -0.15) is 9.72 Å². The summed E-state index contributed by atoms with van der Waals surface area (Å²) in [5.74, 6) is -0.217. The van der Waals surface area contributed by atoms with Crippen LogP contribution in [0.25, 0.3) is 0 Å². The van der Waals surface area contributed by atoms with Crippen LogP contribution in [0.5, 0.6) is 0 Å². The topological polar surface area (TPSA) is 66.6 Å². The molecule has 1 aromatic rings. The molecule has 0 radical (unpaired) electrons. The lowest BCUT2D eigenvalue weighted by Gasteiger charge is -2.04. The standard InChI is InChI=1S/C11H15N3O2/c1-8-4-6-14(16)10(7-8)13-11(15)9-3-2-5-12-9/h4,6-7,9,12,16H,2-3,5H2,1H3/t9-/m0/s1. The molecule has 1 aromatic heterocycles. The van der Waals surface area contributed by atoms with Crippen LogP contribution < -0.4 is 10.8 Å². The number of carbonyl (C=O) groups excluding carboxylic acids is 1. The summed E-state index contributed by atoms with van der Waals surface area (Å²) >= 11 is 0. The maximum Gasteiger partial charge on any atom is 0.264 e. The molecule has 16 heavy (non-hydrogen) atoms. The molecule has 5 heteroatoms. The number of aryl methyl sites for hydroxylation is 1. The third-order valence-corrected chi connectivity index (χ3v) is 2.65. The summed E-state index contributed by atoms with van der Waals surface area (Å²) in [4.78, 5) is 15.6. The Morgan fingerprint density at radius 2 is 2.50 bits per heavy atom. The molecular formula is C11H15N3O2. The molecule has 0 aromatic carbocycles.